The predicted octanol–water partition coefficient (Wildman–Crippen LogP) is 1.27. The number of nitrogens with one attached hydrogen (secondary N) is 1. The van der Waals surface area contributed by atoms with Gasteiger partial charge in [0.05, 0.1) is 0 Å². The summed E-state index contributed by atoms with van der Waals surface area (Å²) in [4.78, 5) is 21.2. The van der Waals surface area contributed by atoms with Gasteiger partial charge in [-0.3, -0.25) is 9.59 Å². The first kappa shape index (κ1) is 11.1. The second-order valence-corrected chi connectivity index (χ2v) is 2.87. The van der Waals surface area contributed by atoms with Gasteiger partial charge in [0.25, 0.3) is 5.91 Å². The average Bonchev–Trinajstić information content (AvgIpc) is 2.03. The number of carbonyl (C=O) groups is 2. The summed E-state index contributed by atoms with van der Waals surface area (Å²) in [6.07, 6.45) is 4.46. The molecule has 0 aromatic rings. The van der Waals surface area contributed by atoms with E-state index in [1.807, 2.05) is 0 Å². The number of carbonyl (C=O) groups excluding carboxylic acids is 2. The monoisotopic (exact) mass is 171 g/mol. The van der Waals surface area contributed by atoms with Crippen LogP contribution < -0.4 is 5.32 Å². The molecule has 0 radical (unpaired) electrons. The first-order valence-electron chi connectivity index (χ1n) is 4.47. The molecule has 3 nitrogen and oxygen atoms in total. The molecule has 1 amide bonds. The lowest BCUT2D eigenvalue weighted by molar-refractivity contribution is -0.136. The number of amides is 1. The Morgan fingerprint density at radius 2 is 1.83 bits per heavy atom. The molecular weight excluding hydrogens is 154 g/mol. The zero-order valence-electron chi connectivity index (χ0n) is 7.85. The standard InChI is InChI=1S/C9H17NO2/c1-3-4-5-6-7-10-9(12)8(2)11/h3-7H2,1-2H3,(H,10,12). The average molecular weight is 171 g/mol. The van der Waals surface area contributed by atoms with Crippen LogP contribution in [0.2, 0.25) is 0 Å². The van der Waals surface area contributed by atoms with E-state index < -0.39 is 11.7 Å². The normalized spacial score (nSPS) is 9.50. The molecule has 1 N–H and O–H groups in total. The highest BCUT2D eigenvalue weighted by molar-refractivity contribution is 6.35. The molecule has 0 heterocycles. The molecule has 3 heteroatoms. The van der Waals surface area contributed by atoms with Gasteiger partial charge in [0.1, 0.15) is 0 Å². The molecule has 0 fully saturated rings. The van der Waals surface area contributed by atoms with Crippen LogP contribution in [0, 0.1) is 0 Å². The molecule has 0 aliphatic rings. The highest BCUT2D eigenvalue weighted by Crippen LogP contribution is 1.96. The molecule has 12 heavy (non-hydrogen) atoms. The van der Waals surface area contributed by atoms with E-state index in [4.69, 9.17) is 0 Å². The molecule has 70 valence electrons. The molecule has 0 bridgehead atoms. The molecule has 0 atom stereocenters. The molecule has 0 aliphatic carbocycles. The van der Waals surface area contributed by atoms with E-state index in [1.54, 1.807) is 0 Å². The van der Waals surface area contributed by atoms with Crippen LogP contribution >= 0.6 is 0 Å². The quantitative estimate of drug-likeness (QED) is 0.483. The third kappa shape index (κ3) is 5.89. The summed E-state index contributed by atoms with van der Waals surface area (Å²) >= 11 is 0. The summed E-state index contributed by atoms with van der Waals surface area (Å²) in [7, 11) is 0. The van der Waals surface area contributed by atoms with Gasteiger partial charge in [0.15, 0.2) is 0 Å². The third-order valence-corrected chi connectivity index (χ3v) is 1.64. The minimum Gasteiger partial charge on any atom is -0.350 e. The van der Waals surface area contributed by atoms with Gasteiger partial charge in [-0.05, 0) is 6.42 Å². The molecule has 0 saturated heterocycles. The van der Waals surface area contributed by atoms with Gasteiger partial charge >= 0.3 is 0 Å². The Balaban J connectivity index is 3.20. The van der Waals surface area contributed by atoms with Crippen molar-refractivity contribution >= 4 is 11.7 Å². The Kier molecular flexibility index (Phi) is 6.34. The zero-order chi connectivity index (χ0) is 9.40. The molecule has 0 saturated carbocycles. The van der Waals surface area contributed by atoms with Crippen LogP contribution in [-0.4, -0.2) is 18.2 Å². The van der Waals surface area contributed by atoms with E-state index in [1.165, 1.54) is 19.8 Å². The molecule has 0 aromatic heterocycles. The van der Waals surface area contributed by atoms with Gasteiger partial charge in [0.2, 0.25) is 5.78 Å². The zero-order valence-corrected chi connectivity index (χ0v) is 7.85. The summed E-state index contributed by atoms with van der Waals surface area (Å²) < 4.78 is 0. The van der Waals surface area contributed by atoms with Crippen molar-refractivity contribution in [3.63, 3.8) is 0 Å². The van der Waals surface area contributed by atoms with Crippen LogP contribution in [0.3, 0.4) is 0 Å². The maximum absolute atomic E-state index is 10.7. The largest absolute Gasteiger partial charge is 0.350 e. The predicted molar refractivity (Wildman–Crippen MR) is 47.8 cm³/mol. The van der Waals surface area contributed by atoms with E-state index in [2.05, 4.69) is 12.2 Å². The van der Waals surface area contributed by atoms with E-state index in [9.17, 15) is 9.59 Å². The molecule has 0 aliphatic heterocycles. The van der Waals surface area contributed by atoms with Gasteiger partial charge in [-0.15, -0.1) is 0 Å². The van der Waals surface area contributed by atoms with Crippen molar-refractivity contribution in [2.75, 3.05) is 6.54 Å². The van der Waals surface area contributed by atoms with Crippen molar-refractivity contribution in [2.24, 2.45) is 0 Å². The first-order valence-corrected chi connectivity index (χ1v) is 4.47. The van der Waals surface area contributed by atoms with Crippen molar-refractivity contribution in [3.8, 4) is 0 Å². The topological polar surface area (TPSA) is 46.2 Å². The fourth-order valence-corrected chi connectivity index (χ4v) is 0.878. The lowest BCUT2D eigenvalue weighted by Gasteiger charge is -2.01. The van der Waals surface area contributed by atoms with Crippen LogP contribution in [0.1, 0.15) is 39.5 Å². The number of Topliss-reactive ketones (excluding diaryl/α,β-unsaturated/α-hetero) is 1. The molecule has 0 aromatic carbocycles. The maximum atomic E-state index is 10.7. The molecule has 0 rings (SSSR count). The Bertz CT molecular complexity index is 155. The SMILES string of the molecule is CCCCCCNC(=O)C(C)=O. The number of hydrogen-bond donors (Lipinski definition) is 1. The maximum Gasteiger partial charge on any atom is 0.287 e. The highest BCUT2D eigenvalue weighted by atomic mass is 16.2. The number of rotatable bonds is 6. The van der Waals surface area contributed by atoms with Crippen molar-refractivity contribution in [3.05, 3.63) is 0 Å². The van der Waals surface area contributed by atoms with Gasteiger partial charge in [0, 0.05) is 13.5 Å². The van der Waals surface area contributed by atoms with Crippen molar-refractivity contribution in [1.82, 2.24) is 5.32 Å². The first-order chi connectivity index (χ1) is 5.68. The molecule has 0 unspecified atom stereocenters. The Morgan fingerprint density at radius 3 is 2.33 bits per heavy atom. The summed E-state index contributed by atoms with van der Waals surface area (Å²) in [6.45, 7) is 4.04. The van der Waals surface area contributed by atoms with Crippen molar-refractivity contribution in [2.45, 2.75) is 39.5 Å². The number of hydrogen-bond acceptors (Lipinski definition) is 2. The summed E-state index contributed by atoms with van der Waals surface area (Å²) in [5.74, 6) is -0.878. The second kappa shape index (κ2) is 6.83. The van der Waals surface area contributed by atoms with Crippen LogP contribution in [0.4, 0.5) is 0 Å². The van der Waals surface area contributed by atoms with Crippen LogP contribution in [0.25, 0.3) is 0 Å². The van der Waals surface area contributed by atoms with Gasteiger partial charge in [-0.25, -0.2) is 0 Å². The summed E-state index contributed by atoms with van der Waals surface area (Å²) in [5, 5.41) is 2.55. The van der Waals surface area contributed by atoms with Gasteiger partial charge < -0.3 is 5.32 Å². The van der Waals surface area contributed by atoms with Crippen molar-refractivity contribution in [1.29, 1.82) is 0 Å². The summed E-state index contributed by atoms with van der Waals surface area (Å²) in [5.41, 5.74) is 0. The third-order valence-electron chi connectivity index (χ3n) is 1.64. The smallest absolute Gasteiger partial charge is 0.287 e. The van der Waals surface area contributed by atoms with Crippen LogP contribution in [-0.2, 0) is 9.59 Å². The highest BCUT2D eigenvalue weighted by Gasteiger charge is 2.04. The Morgan fingerprint density at radius 1 is 1.17 bits per heavy atom. The fourth-order valence-electron chi connectivity index (χ4n) is 0.878. The van der Waals surface area contributed by atoms with Gasteiger partial charge in [-0.2, -0.15) is 0 Å². The van der Waals surface area contributed by atoms with E-state index in [0.29, 0.717) is 6.54 Å². The lowest BCUT2D eigenvalue weighted by atomic mass is 10.2. The minimum absolute atomic E-state index is 0.412. The van der Waals surface area contributed by atoms with Crippen molar-refractivity contribution < 1.29 is 9.59 Å². The van der Waals surface area contributed by atoms with E-state index >= 15 is 0 Å². The van der Waals surface area contributed by atoms with E-state index in [-0.39, 0.29) is 0 Å². The lowest BCUT2D eigenvalue weighted by Crippen LogP contribution is -2.29. The molecular formula is C9H17NO2. The second-order valence-electron chi connectivity index (χ2n) is 2.87. The number of ketones is 1. The molecule has 0 spiro atoms. The van der Waals surface area contributed by atoms with Gasteiger partial charge in [-0.1, -0.05) is 26.2 Å². The fraction of sp³-hybridized carbons (Fsp3) is 0.778. The van der Waals surface area contributed by atoms with Crippen LogP contribution in [0.15, 0.2) is 0 Å². The summed E-state index contributed by atoms with van der Waals surface area (Å²) in [6, 6.07) is 0. The number of unbranched alkanes of at least 4 members (excludes halogenated alkanes) is 3. The van der Waals surface area contributed by atoms with Crippen LogP contribution in [0.5, 0.6) is 0 Å². The van der Waals surface area contributed by atoms with E-state index in [0.717, 1.165) is 12.8 Å². The Labute approximate surface area is 73.5 Å². The Hall–Kier alpha value is -0.860. The minimum atomic E-state index is -0.466.